The van der Waals surface area contributed by atoms with Crippen LogP contribution in [0.3, 0.4) is 0 Å². The highest BCUT2D eigenvalue weighted by Gasteiger charge is 2.56. The summed E-state index contributed by atoms with van der Waals surface area (Å²) < 4.78 is 16.6. The van der Waals surface area contributed by atoms with Gasteiger partial charge in [0, 0.05) is 36.1 Å². The van der Waals surface area contributed by atoms with Gasteiger partial charge in [-0.2, -0.15) is 0 Å². The van der Waals surface area contributed by atoms with Crippen molar-refractivity contribution >= 4 is 5.91 Å². The first kappa shape index (κ1) is 17.7. The van der Waals surface area contributed by atoms with E-state index in [1.807, 2.05) is 18.2 Å². The van der Waals surface area contributed by atoms with Gasteiger partial charge >= 0.3 is 0 Å². The molecule has 26 heavy (non-hydrogen) atoms. The van der Waals surface area contributed by atoms with Gasteiger partial charge in [0.05, 0.1) is 26.7 Å². The molecule has 3 fully saturated rings. The zero-order chi connectivity index (χ0) is 18.1. The minimum atomic E-state index is 0.0758. The maximum Gasteiger partial charge on any atom is 0.224 e. The third kappa shape index (κ3) is 3.18. The van der Waals surface area contributed by atoms with Crippen LogP contribution in [0.2, 0.25) is 0 Å². The van der Waals surface area contributed by atoms with Crippen LogP contribution in [0, 0.1) is 17.8 Å². The maximum absolute atomic E-state index is 12.7. The molecule has 1 aromatic rings. The van der Waals surface area contributed by atoms with Crippen LogP contribution in [0.1, 0.15) is 37.7 Å². The lowest BCUT2D eigenvalue weighted by molar-refractivity contribution is -0.129. The Morgan fingerprint density at radius 2 is 2.00 bits per heavy atom. The van der Waals surface area contributed by atoms with Crippen molar-refractivity contribution in [2.45, 2.75) is 50.7 Å². The van der Waals surface area contributed by atoms with Gasteiger partial charge in [-0.25, -0.2) is 0 Å². The minimum absolute atomic E-state index is 0.0758. The molecule has 3 aliphatic rings. The monoisotopic (exact) mass is 359 g/mol. The molecule has 1 amide bonds. The van der Waals surface area contributed by atoms with Gasteiger partial charge in [-0.05, 0) is 18.4 Å². The lowest BCUT2D eigenvalue weighted by Gasteiger charge is -2.50. The summed E-state index contributed by atoms with van der Waals surface area (Å²) in [4.78, 5) is 12.7. The molecule has 5 nitrogen and oxygen atoms in total. The van der Waals surface area contributed by atoms with Crippen molar-refractivity contribution in [2.75, 3.05) is 20.8 Å². The van der Waals surface area contributed by atoms with Crippen molar-refractivity contribution in [3.63, 3.8) is 0 Å². The van der Waals surface area contributed by atoms with Crippen molar-refractivity contribution in [1.29, 1.82) is 0 Å². The Morgan fingerprint density at radius 3 is 2.73 bits per heavy atom. The molecule has 1 N–H and O–H groups in total. The van der Waals surface area contributed by atoms with Gasteiger partial charge in [-0.3, -0.25) is 4.79 Å². The van der Waals surface area contributed by atoms with Gasteiger partial charge in [0.15, 0.2) is 0 Å². The molecule has 0 spiro atoms. The summed E-state index contributed by atoms with van der Waals surface area (Å²) in [5, 5.41) is 3.34. The van der Waals surface area contributed by atoms with E-state index in [9.17, 15) is 4.79 Å². The molecular weight excluding hydrogens is 330 g/mol. The SMILES string of the molecule is COc1ccc(CC(=O)N[C@@H]2[C@@H]3CCO[C@@H]3[C@@H]2C2CCCC2)c(OC)c1. The number of hydrogen-bond acceptors (Lipinski definition) is 4. The van der Waals surface area contributed by atoms with Crippen LogP contribution >= 0.6 is 0 Å². The summed E-state index contributed by atoms with van der Waals surface area (Å²) in [6, 6.07) is 5.89. The van der Waals surface area contributed by atoms with E-state index in [0.29, 0.717) is 30.1 Å². The van der Waals surface area contributed by atoms with Crippen LogP contribution < -0.4 is 14.8 Å². The van der Waals surface area contributed by atoms with E-state index >= 15 is 0 Å². The number of ether oxygens (including phenoxy) is 3. The van der Waals surface area contributed by atoms with Gasteiger partial charge in [0.25, 0.3) is 0 Å². The van der Waals surface area contributed by atoms with Crippen molar-refractivity contribution in [1.82, 2.24) is 5.32 Å². The van der Waals surface area contributed by atoms with Gasteiger partial charge < -0.3 is 19.5 Å². The number of methoxy groups -OCH3 is 2. The van der Waals surface area contributed by atoms with E-state index in [-0.39, 0.29) is 11.9 Å². The first-order valence-corrected chi connectivity index (χ1v) is 9.83. The number of carbonyl (C=O) groups is 1. The van der Waals surface area contributed by atoms with Crippen LogP contribution in [0.15, 0.2) is 18.2 Å². The lowest BCUT2D eigenvalue weighted by Crippen LogP contribution is -2.63. The number of nitrogens with one attached hydrogen (secondary N) is 1. The van der Waals surface area contributed by atoms with Crippen LogP contribution in [0.5, 0.6) is 11.5 Å². The second-order valence-electron chi connectivity index (χ2n) is 7.86. The van der Waals surface area contributed by atoms with Gasteiger partial charge in [-0.1, -0.05) is 31.7 Å². The summed E-state index contributed by atoms with van der Waals surface area (Å²) in [5.74, 6) is 3.23. The standard InChI is InChI=1S/C21H29NO4/c1-24-15-8-7-14(17(12-15)25-2)11-18(23)22-20-16-9-10-26-21(16)19(20)13-5-3-4-6-13/h7-8,12-13,16,19-21H,3-6,9-11H2,1-2H3,(H,22,23)/t16-,19+,20+,21-/m0/s1. The zero-order valence-corrected chi connectivity index (χ0v) is 15.7. The molecule has 5 heteroatoms. The Hall–Kier alpha value is -1.75. The summed E-state index contributed by atoms with van der Waals surface area (Å²) in [6.45, 7) is 0.844. The predicted molar refractivity (Wildman–Crippen MR) is 98.5 cm³/mol. The smallest absolute Gasteiger partial charge is 0.224 e. The van der Waals surface area contributed by atoms with Gasteiger partial charge in [-0.15, -0.1) is 0 Å². The van der Waals surface area contributed by atoms with Crippen molar-refractivity contribution in [3.8, 4) is 11.5 Å². The Morgan fingerprint density at radius 1 is 1.19 bits per heavy atom. The fourth-order valence-corrected chi connectivity index (χ4v) is 5.27. The molecule has 2 aliphatic carbocycles. The quantitative estimate of drug-likeness (QED) is 0.848. The van der Waals surface area contributed by atoms with E-state index in [2.05, 4.69) is 5.32 Å². The van der Waals surface area contributed by atoms with E-state index in [0.717, 1.165) is 30.3 Å². The van der Waals surface area contributed by atoms with Crippen LogP contribution in [-0.4, -0.2) is 38.9 Å². The molecule has 0 radical (unpaired) electrons. The van der Waals surface area contributed by atoms with Crippen molar-refractivity contribution in [3.05, 3.63) is 23.8 Å². The summed E-state index contributed by atoms with van der Waals surface area (Å²) >= 11 is 0. The molecule has 0 aromatic heterocycles. The molecule has 4 rings (SSSR count). The van der Waals surface area contributed by atoms with Gasteiger partial charge in [0.2, 0.25) is 5.91 Å². The van der Waals surface area contributed by atoms with Crippen molar-refractivity contribution in [2.24, 2.45) is 17.8 Å². The molecule has 1 heterocycles. The first-order chi connectivity index (χ1) is 12.7. The number of hydrogen-bond donors (Lipinski definition) is 1. The third-order valence-corrected chi connectivity index (χ3v) is 6.56. The molecular formula is C21H29NO4. The van der Waals surface area contributed by atoms with E-state index in [1.165, 1.54) is 25.7 Å². The summed E-state index contributed by atoms with van der Waals surface area (Å²) in [7, 11) is 3.25. The van der Waals surface area contributed by atoms with E-state index < -0.39 is 0 Å². The Bertz CT molecular complexity index is 651. The van der Waals surface area contributed by atoms with Crippen LogP contribution in [0.25, 0.3) is 0 Å². The minimum Gasteiger partial charge on any atom is -0.497 e. The van der Waals surface area contributed by atoms with Crippen LogP contribution in [-0.2, 0) is 16.0 Å². The topological polar surface area (TPSA) is 56.8 Å². The third-order valence-electron chi connectivity index (χ3n) is 6.56. The highest BCUT2D eigenvalue weighted by atomic mass is 16.5. The average Bonchev–Trinajstić information content (AvgIpc) is 3.31. The largest absolute Gasteiger partial charge is 0.497 e. The molecule has 0 unspecified atom stereocenters. The molecule has 1 aliphatic heterocycles. The number of rotatable bonds is 6. The number of carbonyl (C=O) groups excluding carboxylic acids is 1. The normalized spacial score (nSPS) is 30.5. The van der Waals surface area contributed by atoms with Gasteiger partial charge in [0.1, 0.15) is 11.5 Å². The maximum atomic E-state index is 12.7. The molecule has 1 aromatic carbocycles. The fourth-order valence-electron chi connectivity index (χ4n) is 5.27. The Balaban J connectivity index is 1.42. The Kier molecular flexibility index (Phi) is 5.07. The average molecular weight is 359 g/mol. The number of amides is 1. The highest BCUT2D eigenvalue weighted by Crippen LogP contribution is 2.51. The van der Waals surface area contributed by atoms with Crippen molar-refractivity contribution < 1.29 is 19.0 Å². The number of fused-ring (bicyclic) bond motifs is 1. The fraction of sp³-hybridized carbons (Fsp3) is 0.667. The highest BCUT2D eigenvalue weighted by molar-refractivity contribution is 5.80. The summed E-state index contributed by atoms with van der Waals surface area (Å²) in [6.07, 6.45) is 7.00. The lowest BCUT2D eigenvalue weighted by atomic mass is 9.61. The Labute approximate surface area is 155 Å². The zero-order valence-electron chi connectivity index (χ0n) is 15.7. The predicted octanol–water partition coefficient (Wildman–Crippen LogP) is 2.96. The van der Waals surface area contributed by atoms with Crippen LogP contribution in [0.4, 0.5) is 0 Å². The molecule has 142 valence electrons. The molecule has 0 bridgehead atoms. The molecule has 1 saturated heterocycles. The van der Waals surface area contributed by atoms with E-state index in [1.54, 1.807) is 14.2 Å². The van der Waals surface area contributed by atoms with E-state index in [4.69, 9.17) is 14.2 Å². The summed E-state index contributed by atoms with van der Waals surface area (Å²) in [5.41, 5.74) is 0.891. The molecule has 2 saturated carbocycles. The molecule has 4 atom stereocenters. The number of benzene rings is 1. The second kappa shape index (κ2) is 7.47. The second-order valence-corrected chi connectivity index (χ2v) is 7.86. The first-order valence-electron chi connectivity index (χ1n) is 9.83.